The highest BCUT2D eigenvalue weighted by molar-refractivity contribution is 9.10. The van der Waals surface area contributed by atoms with Crippen LogP contribution in [-0.2, 0) is 11.3 Å². The molecule has 1 aromatic heterocycles. The largest absolute Gasteiger partial charge is 0.338 e. The molecule has 0 fully saturated rings. The summed E-state index contributed by atoms with van der Waals surface area (Å²) in [6.45, 7) is 2.28. The number of carbonyl (C=O) groups is 1. The Hall–Kier alpha value is -2.07. The average molecular weight is 343 g/mol. The number of amides is 1. The molecule has 0 aliphatic carbocycles. The number of nitrogens with zero attached hydrogens (tertiary/aromatic N) is 1. The molecule has 0 spiro atoms. The Morgan fingerprint density at radius 3 is 2.76 bits per heavy atom. The van der Waals surface area contributed by atoms with Gasteiger partial charge in [-0.3, -0.25) is 4.79 Å². The number of benzene rings is 2. The number of nitrogens with one attached hydrogen (secondary N) is 1. The van der Waals surface area contributed by atoms with Gasteiger partial charge in [0.15, 0.2) is 0 Å². The van der Waals surface area contributed by atoms with E-state index in [-0.39, 0.29) is 5.91 Å². The number of aromatic nitrogens is 1. The molecule has 0 atom stereocenters. The summed E-state index contributed by atoms with van der Waals surface area (Å²) in [4.78, 5) is 12.2. The highest BCUT2D eigenvalue weighted by atomic mass is 79.9. The van der Waals surface area contributed by atoms with Crippen molar-refractivity contribution in [3.05, 3.63) is 64.8 Å². The maximum absolute atomic E-state index is 12.2. The lowest BCUT2D eigenvalue weighted by Crippen LogP contribution is -2.18. The minimum atomic E-state index is -0.0261. The van der Waals surface area contributed by atoms with Crippen LogP contribution in [0.5, 0.6) is 0 Å². The molecular formula is C17H15BrN2O. The molecule has 0 saturated heterocycles. The third kappa shape index (κ3) is 2.85. The van der Waals surface area contributed by atoms with E-state index >= 15 is 0 Å². The first kappa shape index (κ1) is 13.9. The van der Waals surface area contributed by atoms with Crippen molar-refractivity contribution in [1.82, 2.24) is 4.57 Å². The number of hydrogen-bond acceptors (Lipinski definition) is 1. The monoisotopic (exact) mass is 342 g/mol. The van der Waals surface area contributed by atoms with Crippen LogP contribution < -0.4 is 5.32 Å². The Balaban J connectivity index is 1.81. The second-order valence-electron chi connectivity index (χ2n) is 4.98. The molecule has 0 aliphatic rings. The van der Waals surface area contributed by atoms with E-state index in [1.165, 1.54) is 0 Å². The van der Waals surface area contributed by atoms with Crippen molar-refractivity contribution in [2.45, 2.75) is 13.5 Å². The second kappa shape index (κ2) is 5.74. The fraction of sp³-hybridized carbons (Fsp3) is 0.118. The molecule has 1 heterocycles. The molecule has 3 nitrogen and oxygen atoms in total. The fourth-order valence-electron chi connectivity index (χ4n) is 2.38. The van der Waals surface area contributed by atoms with E-state index in [4.69, 9.17) is 0 Å². The van der Waals surface area contributed by atoms with E-state index in [2.05, 4.69) is 21.2 Å². The lowest BCUT2D eigenvalue weighted by Gasteiger charge is -2.09. The van der Waals surface area contributed by atoms with Crippen molar-refractivity contribution in [2.24, 2.45) is 0 Å². The Labute approximate surface area is 131 Å². The number of carbonyl (C=O) groups excluding carboxylic acids is 1. The minimum absolute atomic E-state index is 0.0261. The summed E-state index contributed by atoms with van der Waals surface area (Å²) in [6.07, 6.45) is 1.94. The van der Waals surface area contributed by atoms with Gasteiger partial charge in [0.1, 0.15) is 6.54 Å². The van der Waals surface area contributed by atoms with Gasteiger partial charge in [-0.2, -0.15) is 0 Å². The lowest BCUT2D eigenvalue weighted by atomic mass is 10.2. The standard InChI is InChI=1S/C17H15BrN2O/c1-12-5-2-3-7-15(12)19-17(21)11-20-10-9-13-14(18)6-4-8-16(13)20/h2-10H,11H2,1H3,(H,19,21). The van der Waals surface area contributed by atoms with Crippen LogP contribution in [-0.4, -0.2) is 10.5 Å². The van der Waals surface area contributed by atoms with Crippen LogP contribution >= 0.6 is 15.9 Å². The maximum atomic E-state index is 12.2. The Kier molecular flexibility index (Phi) is 3.80. The lowest BCUT2D eigenvalue weighted by molar-refractivity contribution is -0.116. The van der Waals surface area contributed by atoms with Gasteiger partial charge in [0, 0.05) is 27.3 Å². The second-order valence-corrected chi connectivity index (χ2v) is 5.83. The van der Waals surface area contributed by atoms with Gasteiger partial charge >= 0.3 is 0 Å². The SMILES string of the molecule is Cc1ccccc1NC(=O)Cn1ccc2c(Br)cccc21. The first-order chi connectivity index (χ1) is 10.1. The van der Waals surface area contributed by atoms with Crippen molar-refractivity contribution < 1.29 is 4.79 Å². The topological polar surface area (TPSA) is 34.0 Å². The molecule has 0 aliphatic heterocycles. The van der Waals surface area contributed by atoms with Gasteiger partial charge in [0.25, 0.3) is 0 Å². The Bertz CT molecular complexity index is 807. The number of halogens is 1. The highest BCUT2D eigenvalue weighted by Gasteiger charge is 2.08. The highest BCUT2D eigenvalue weighted by Crippen LogP contribution is 2.24. The van der Waals surface area contributed by atoms with Crippen LogP contribution in [0.4, 0.5) is 5.69 Å². The number of rotatable bonds is 3. The predicted molar refractivity (Wildman–Crippen MR) is 89.4 cm³/mol. The van der Waals surface area contributed by atoms with Crippen molar-refractivity contribution in [1.29, 1.82) is 0 Å². The predicted octanol–water partition coefficient (Wildman–Crippen LogP) is 4.35. The van der Waals surface area contributed by atoms with E-state index in [0.29, 0.717) is 6.54 Å². The smallest absolute Gasteiger partial charge is 0.244 e. The van der Waals surface area contributed by atoms with Gasteiger partial charge in [-0.05, 0) is 36.8 Å². The van der Waals surface area contributed by atoms with Gasteiger partial charge in [0.2, 0.25) is 5.91 Å². The van der Waals surface area contributed by atoms with Crippen LogP contribution in [0.3, 0.4) is 0 Å². The Morgan fingerprint density at radius 1 is 1.14 bits per heavy atom. The zero-order valence-corrected chi connectivity index (χ0v) is 13.2. The molecule has 3 aromatic rings. The van der Waals surface area contributed by atoms with Gasteiger partial charge in [-0.15, -0.1) is 0 Å². The van der Waals surface area contributed by atoms with Gasteiger partial charge in [-0.25, -0.2) is 0 Å². The van der Waals surface area contributed by atoms with Crippen molar-refractivity contribution in [3.8, 4) is 0 Å². The van der Waals surface area contributed by atoms with Crippen LogP contribution in [0.15, 0.2) is 59.2 Å². The molecule has 106 valence electrons. The molecule has 0 radical (unpaired) electrons. The summed E-state index contributed by atoms with van der Waals surface area (Å²) in [5.41, 5.74) is 2.97. The van der Waals surface area contributed by atoms with Gasteiger partial charge < -0.3 is 9.88 Å². The molecule has 21 heavy (non-hydrogen) atoms. The first-order valence-corrected chi connectivity index (χ1v) is 7.53. The summed E-state index contributed by atoms with van der Waals surface area (Å²) in [6, 6.07) is 15.8. The molecular weight excluding hydrogens is 328 g/mol. The van der Waals surface area contributed by atoms with Crippen molar-refractivity contribution in [3.63, 3.8) is 0 Å². The average Bonchev–Trinajstić information content (AvgIpc) is 2.86. The summed E-state index contributed by atoms with van der Waals surface area (Å²) >= 11 is 3.53. The van der Waals surface area contributed by atoms with Crippen molar-refractivity contribution >= 4 is 38.4 Å². The van der Waals surface area contributed by atoms with E-state index in [9.17, 15) is 4.79 Å². The summed E-state index contributed by atoms with van der Waals surface area (Å²) in [7, 11) is 0. The number of anilines is 1. The molecule has 4 heteroatoms. The van der Waals surface area contributed by atoms with Crippen LogP contribution in [0, 0.1) is 6.92 Å². The van der Waals surface area contributed by atoms with E-state index < -0.39 is 0 Å². The van der Waals surface area contributed by atoms with E-state index in [1.807, 2.05) is 66.2 Å². The number of aryl methyl sites for hydroxylation is 1. The van der Waals surface area contributed by atoms with Crippen LogP contribution in [0.2, 0.25) is 0 Å². The first-order valence-electron chi connectivity index (χ1n) is 6.74. The summed E-state index contributed by atoms with van der Waals surface area (Å²) in [5.74, 6) is -0.0261. The van der Waals surface area contributed by atoms with Gasteiger partial charge in [0.05, 0.1) is 0 Å². The normalized spacial score (nSPS) is 10.8. The third-order valence-electron chi connectivity index (χ3n) is 3.49. The number of fused-ring (bicyclic) bond motifs is 1. The molecule has 1 N–H and O–H groups in total. The molecule has 3 rings (SSSR count). The molecule has 0 unspecified atom stereocenters. The minimum Gasteiger partial charge on any atom is -0.338 e. The quantitative estimate of drug-likeness (QED) is 0.754. The van der Waals surface area contributed by atoms with Crippen LogP contribution in [0.1, 0.15) is 5.56 Å². The Morgan fingerprint density at radius 2 is 1.95 bits per heavy atom. The molecule has 0 saturated carbocycles. The van der Waals surface area contributed by atoms with E-state index in [1.54, 1.807) is 0 Å². The third-order valence-corrected chi connectivity index (χ3v) is 4.19. The number of hydrogen-bond donors (Lipinski definition) is 1. The number of para-hydroxylation sites is 1. The van der Waals surface area contributed by atoms with E-state index in [0.717, 1.165) is 26.6 Å². The zero-order chi connectivity index (χ0) is 14.8. The fourth-order valence-corrected chi connectivity index (χ4v) is 2.87. The summed E-state index contributed by atoms with van der Waals surface area (Å²) in [5, 5.41) is 4.07. The molecule has 0 bridgehead atoms. The summed E-state index contributed by atoms with van der Waals surface area (Å²) < 4.78 is 2.99. The maximum Gasteiger partial charge on any atom is 0.244 e. The molecule has 1 amide bonds. The van der Waals surface area contributed by atoms with Crippen LogP contribution in [0.25, 0.3) is 10.9 Å². The molecule has 2 aromatic carbocycles. The zero-order valence-electron chi connectivity index (χ0n) is 11.6. The van der Waals surface area contributed by atoms with Gasteiger partial charge in [-0.1, -0.05) is 40.2 Å². The van der Waals surface area contributed by atoms with Crippen molar-refractivity contribution in [2.75, 3.05) is 5.32 Å².